The van der Waals surface area contributed by atoms with Crippen LogP contribution in [0.3, 0.4) is 0 Å². The molecule has 0 spiro atoms. The van der Waals surface area contributed by atoms with Crippen molar-refractivity contribution in [1.29, 1.82) is 0 Å². The molecule has 0 aromatic carbocycles. The van der Waals surface area contributed by atoms with E-state index >= 15 is 0 Å². The van der Waals surface area contributed by atoms with Crippen LogP contribution in [0.2, 0.25) is 0 Å². The predicted molar refractivity (Wildman–Crippen MR) is 77.1 cm³/mol. The van der Waals surface area contributed by atoms with Crippen molar-refractivity contribution < 1.29 is 4.74 Å². The van der Waals surface area contributed by atoms with Gasteiger partial charge in [-0.15, -0.1) is 0 Å². The highest BCUT2D eigenvalue weighted by molar-refractivity contribution is 5.02. The highest BCUT2D eigenvalue weighted by Gasteiger charge is 2.16. The summed E-state index contributed by atoms with van der Waals surface area (Å²) >= 11 is 0. The van der Waals surface area contributed by atoms with E-state index in [2.05, 4.69) is 16.9 Å². The van der Waals surface area contributed by atoms with E-state index in [1.54, 1.807) is 7.11 Å². The Kier molecular flexibility index (Phi) is 5.86. The first-order valence-electron chi connectivity index (χ1n) is 7.58. The van der Waals surface area contributed by atoms with Crippen molar-refractivity contribution in [3.63, 3.8) is 0 Å². The van der Waals surface area contributed by atoms with Crippen LogP contribution in [0.1, 0.15) is 56.7 Å². The van der Waals surface area contributed by atoms with E-state index in [1.165, 1.54) is 32.1 Å². The van der Waals surface area contributed by atoms with E-state index in [0.717, 1.165) is 31.6 Å². The van der Waals surface area contributed by atoms with Gasteiger partial charge in [-0.1, -0.05) is 19.3 Å². The number of ether oxygens (including phenoxy) is 1. The van der Waals surface area contributed by atoms with Crippen molar-refractivity contribution >= 4 is 0 Å². The van der Waals surface area contributed by atoms with Gasteiger partial charge < -0.3 is 10.5 Å². The molecule has 108 valence electrons. The number of rotatable bonds is 7. The van der Waals surface area contributed by atoms with Crippen molar-refractivity contribution in [3.8, 4) is 0 Å². The third kappa shape index (κ3) is 4.62. The maximum absolute atomic E-state index is 6.13. The van der Waals surface area contributed by atoms with E-state index in [4.69, 9.17) is 15.6 Å². The van der Waals surface area contributed by atoms with Crippen LogP contribution in [-0.4, -0.2) is 29.5 Å². The summed E-state index contributed by atoms with van der Waals surface area (Å²) in [5.74, 6) is 0. The molecule has 1 saturated carbocycles. The zero-order valence-corrected chi connectivity index (χ0v) is 12.1. The number of aromatic nitrogens is 2. The zero-order valence-electron chi connectivity index (χ0n) is 12.1. The molecule has 1 aliphatic rings. The summed E-state index contributed by atoms with van der Waals surface area (Å²) in [4.78, 5) is 0. The van der Waals surface area contributed by atoms with Crippen molar-refractivity contribution in [2.24, 2.45) is 5.73 Å². The first-order valence-corrected chi connectivity index (χ1v) is 7.58. The average molecular weight is 265 g/mol. The normalized spacial score (nSPS) is 18.6. The molecule has 4 heteroatoms. The molecule has 0 bridgehead atoms. The first kappa shape index (κ1) is 14.5. The standard InChI is InChI=1S/C15H27N3O/c1-19-11-5-6-13(16)12-14-9-10-18(17-14)15-7-3-2-4-8-15/h9-10,13,15H,2-8,11-12,16H2,1H3. The fraction of sp³-hybridized carbons (Fsp3) is 0.800. The second-order valence-corrected chi connectivity index (χ2v) is 5.68. The minimum Gasteiger partial charge on any atom is -0.385 e. The molecule has 4 nitrogen and oxygen atoms in total. The van der Waals surface area contributed by atoms with Gasteiger partial charge in [-0.25, -0.2) is 0 Å². The zero-order chi connectivity index (χ0) is 13.5. The Balaban J connectivity index is 1.79. The summed E-state index contributed by atoms with van der Waals surface area (Å²) in [6, 6.07) is 2.95. The van der Waals surface area contributed by atoms with Crippen molar-refractivity contribution in [2.75, 3.05) is 13.7 Å². The highest BCUT2D eigenvalue weighted by Crippen LogP contribution is 2.27. The predicted octanol–water partition coefficient (Wildman–Crippen LogP) is 2.68. The van der Waals surface area contributed by atoms with Gasteiger partial charge >= 0.3 is 0 Å². The van der Waals surface area contributed by atoms with Gasteiger partial charge in [0.05, 0.1) is 11.7 Å². The van der Waals surface area contributed by atoms with Gasteiger partial charge in [-0.2, -0.15) is 5.10 Å². The minimum atomic E-state index is 0.199. The largest absolute Gasteiger partial charge is 0.385 e. The van der Waals surface area contributed by atoms with Gasteiger partial charge in [0.15, 0.2) is 0 Å². The van der Waals surface area contributed by atoms with Gasteiger partial charge in [-0.05, 0) is 31.7 Å². The van der Waals surface area contributed by atoms with Crippen LogP contribution in [0.15, 0.2) is 12.3 Å². The number of nitrogens with zero attached hydrogens (tertiary/aromatic N) is 2. The lowest BCUT2D eigenvalue weighted by Gasteiger charge is -2.21. The second-order valence-electron chi connectivity index (χ2n) is 5.68. The lowest BCUT2D eigenvalue weighted by molar-refractivity contribution is 0.190. The molecule has 1 heterocycles. The fourth-order valence-electron chi connectivity index (χ4n) is 2.90. The molecule has 0 saturated heterocycles. The number of hydrogen-bond donors (Lipinski definition) is 1. The molecular weight excluding hydrogens is 238 g/mol. The quantitative estimate of drug-likeness (QED) is 0.771. The second kappa shape index (κ2) is 7.65. The fourth-order valence-corrected chi connectivity index (χ4v) is 2.90. The number of hydrogen-bond acceptors (Lipinski definition) is 3. The van der Waals surface area contributed by atoms with Gasteiger partial charge in [0.2, 0.25) is 0 Å². The van der Waals surface area contributed by atoms with E-state index in [1.807, 2.05) is 0 Å². The Hall–Kier alpha value is -0.870. The Morgan fingerprint density at radius 1 is 1.42 bits per heavy atom. The van der Waals surface area contributed by atoms with Crippen molar-refractivity contribution in [3.05, 3.63) is 18.0 Å². The summed E-state index contributed by atoms with van der Waals surface area (Å²) < 4.78 is 7.21. The van der Waals surface area contributed by atoms with Gasteiger partial charge in [0.1, 0.15) is 0 Å². The molecule has 2 rings (SSSR count). The van der Waals surface area contributed by atoms with Gasteiger partial charge in [0.25, 0.3) is 0 Å². The number of methoxy groups -OCH3 is 1. The van der Waals surface area contributed by atoms with Crippen molar-refractivity contribution in [2.45, 2.75) is 63.5 Å². The molecule has 1 aliphatic carbocycles. The molecule has 0 aliphatic heterocycles. The summed E-state index contributed by atoms with van der Waals surface area (Å²) in [6.07, 6.45) is 11.7. The highest BCUT2D eigenvalue weighted by atomic mass is 16.5. The third-order valence-electron chi connectivity index (χ3n) is 4.01. The Labute approximate surface area is 116 Å². The Bertz CT molecular complexity index is 358. The number of nitrogens with two attached hydrogens (primary N) is 1. The summed E-state index contributed by atoms with van der Waals surface area (Å²) in [6.45, 7) is 0.796. The summed E-state index contributed by atoms with van der Waals surface area (Å²) in [5, 5.41) is 4.71. The molecule has 19 heavy (non-hydrogen) atoms. The maximum atomic E-state index is 6.13. The van der Waals surface area contributed by atoms with Gasteiger partial charge in [-0.3, -0.25) is 4.68 Å². The van der Waals surface area contributed by atoms with Crippen LogP contribution in [0.25, 0.3) is 0 Å². The van der Waals surface area contributed by atoms with E-state index in [-0.39, 0.29) is 6.04 Å². The molecule has 1 atom stereocenters. The van der Waals surface area contributed by atoms with Crippen LogP contribution in [-0.2, 0) is 11.2 Å². The molecule has 0 amide bonds. The molecule has 1 aromatic heterocycles. The van der Waals surface area contributed by atoms with E-state index in [9.17, 15) is 0 Å². The lowest BCUT2D eigenvalue weighted by atomic mass is 9.96. The molecule has 2 N–H and O–H groups in total. The van der Waals surface area contributed by atoms with Crippen LogP contribution < -0.4 is 5.73 Å². The van der Waals surface area contributed by atoms with Crippen LogP contribution in [0.4, 0.5) is 0 Å². The first-order chi connectivity index (χ1) is 9.29. The SMILES string of the molecule is COCCCC(N)Cc1ccn(C2CCCCC2)n1. The average Bonchev–Trinajstić information content (AvgIpc) is 2.88. The van der Waals surface area contributed by atoms with Crippen LogP contribution in [0.5, 0.6) is 0 Å². The molecule has 1 fully saturated rings. The van der Waals surface area contributed by atoms with Crippen molar-refractivity contribution in [1.82, 2.24) is 9.78 Å². The van der Waals surface area contributed by atoms with Crippen LogP contribution in [0, 0.1) is 0 Å². The third-order valence-corrected chi connectivity index (χ3v) is 4.01. The minimum absolute atomic E-state index is 0.199. The van der Waals surface area contributed by atoms with E-state index < -0.39 is 0 Å². The van der Waals surface area contributed by atoms with Crippen LogP contribution >= 0.6 is 0 Å². The summed E-state index contributed by atoms with van der Waals surface area (Å²) in [5.41, 5.74) is 7.26. The van der Waals surface area contributed by atoms with E-state index in [0.29, 0.717) is 6.04 Å². The van der Waals surface area contributed by atoms with Gasteiger partial charge in [0, 0.05) is 32.4 Å². The smallest absolute Gasteiger partial charge is 0.0640 e. The Morgan fingerprint density at radius 3 is 2.95 bits per heavy atom. The topological polar surface area (TPSA) is 53.1 Å². The summed E-state index contributed by atoms with van der Waals surface area (Å²) in [7, 11) is 1.73. The molecular formula is C15H27N3O. The molecule has 0 radical (unpaired) electrons. The lowest BCUT2D eigenvalue weighted by Crippen LogP contribution is -2.23. The monoisotopic (exact) mass is 265 g/mol. The molecule has 1 aromatic rings. The maximum Gasteiger partial charge on any atom is 0.0640 e. The Morgan fingerprint density at radius 2 is 2.21 bits per heavy atom. The molecule has 1 unspecified atom stereocenters.